The van der Waals surface area contributed by atoms with E-state index in [0.29, 0.717) is 5.41 Å². The topological polar surface area (TPSA) is 63.3 Å². The number of carboxylic acid groups (broad SMARTS) is 1. The monoisotopic (exact) mass is 197 g/mol. The third kappa shape index (κ3) is 1.34. The molecule has 3 N–H and O–H groups in total. The molecule has 0 aromatic carbocycles. The molecule has 3 aliphatic rings. The van der Waals surface area contributed by atoms with Crippen LogP contribution in [0.3, 0.4) is 0 Å². The van der Waals surface area contributed by atoms with Crippen LogP contribution < -0.4 is 5.73 Å². The van der Waals surface area contributed by atoms with E-state index in [9.17, 15) is 9.90 Å². The van der Waals surface area contributed by atoms with Crippen molar-refractivity contribution >= 4 is 5.97 Å². The van der Waals surface area contributed by atoms with Gasteiger partial charge in [0.15, 0.2) is 0 Å². The van der Waals surface area contributed by atoms with Crippen molar-refractivity contribution in [1.29, 1.82) is 0 Å². The van der Waals surface area contributed by atoms with E-state index in [2.05, 4.69) is 0 Å². The Hall–Kier alpha value is -0.570. The molecule has 0 radical (unpaired) electrons. The van der Waals surface area contributed by atoms with E-state index in [-0.39, 0.29) is 5.41 Å². The van der Waals surface area contributed by atoms with Gasteiger partial charge in [0.05, 0.1) is 5.41 Å². The van der Waals surface area contributed by atoms with Crippen LogP contribution in [0.25, 0.3) is 0 Å². The van der Waals surface area contributed by atoms with Gasteiger partial charge in [0.1, 0.15) is 0 Å². The van der Waals surface area contributed by atoms with E-state index in [4.69, 9.17) is 5.73 Å². The SMILES string of the molecule is NCCC12CCC(C(=O)O)(CC1)CC2. The minimum absolute atomic E-state index is 0.365. The van der Waals surface area contributed by atoms with E-state index in [1.807, 2.05) is 0 Å². The first-order valence-electron chi connectivity index (χ1n) is 5.56. The fourth-order valence-corrected chi connectivity index (χ4v) is 3.27. The fourth-order valence-electron chi connectivity index (χ4n) is 3.27. The lowest BCUT2D eigenvalue weighted by atomic mass is 9.53. The quantitative estimate of drug-likeness (QED) is 0.724. The predicted octanol–water partition coefficient (Wildman–Crippen LogP) is 1.76. The molecule has 3 rings (SSSR count). The third-order valence-corrected chi connectivity index (χ3v) is 4.53. The Kier molecular flexibility index (Phi) is 2.30. The summed E-state index contributed by atoms with van der Waals surface area (Å²) in [5, 5.41) is 9.20. The van der Waals surface area contributed by atoms with E-state index >= 15 is 0 Å². The second kappa shape index (κ2) is 3.23. The van der Waals surface area contributed by atoms with Gasteiger partial charge in [-0.3, -0.25) is 4.79 Å². The minimum atomic E-state index is -0.571. The zero-order chi connectivity index (χ0) is 10.2. The highest BCUT2D eigenvalue weighted by atomic mass is 16.4. The number of nitrogens with two attached hydrogens (primary N) is 1. The first-order chi connectivity index (χ1) is 6.63. The zero-order valence-electron chi connectivity index (χ0n) is 8.59. The van der Waals surface area contributed by atoms with Gasteiger partial charge in [-0.05, 0) is 56.9 Å². The summed E-state index contributed by atoms with van der Waals surface area (Å²) in [6, 6.07) is 0. The van der Waals surface area contributed by atoms with Gasteiger partial charge < -0.3 is 10.8 Å². The maximum absolute atomic E-state index is 11.2. The van der Waals surface area contributed by atoms with E-state index in [0.717, 1.165) is 51.5 Å². The maximum Gasteiger partial charge on any atom is 0.309 e. The van der Waals surface area contributed by atoms with Crippen LogP contribution in [0.1, 0.15) is 44.9 Å². The molecule has 0 aliphatic heterocycles. The summed E-state index contributed by atoms with van der Waals surface area (Å²) < 4.78 is 0. The second-order valence-corrected chi connectivity index (χ2v) is 5.12. The summed E-state index contributed by atoms with van der Waals surface area (Å²) in [6.45, 7) is 0.750. The Morgan fingerprint density at radius 1 is 1.14 bits per heavy atom. The zero-order valence-corrected chi connectivity index (χ0v) is 8.59. The van der Waals surface area contributed by atoms with Crippen molar-refractivity contribution in [3.05, 3.63) is 0 Å². The molecule has 3 heteroatoms. The molecule has 0 saturated heterocycles. The maximum atomic E-state index is 11.2. The molecule has 0 amide bonds. The number of hydrogen-bond donors (Lipinski definition) is 2. The Balaban J connectivity index is 2.09. The molecule has 0 aromatic rings. The summed E-state index contributed by atoms with van der Waals surface area (Å²) in [6.07, 6.45) is 6.96. The smallest absolute Gasteiger partial charge is 0.309 e. The van der Waals surface area contributed by atoms with Crippen molar-refractivity contribution in [3.63, 3.8) is 0 Å². The van der Waals surface area contributed by atoms with Crippen LogP contribution >= 0.6 is 0 Å². The largest absolute Gasteiger partial charge is 0.481 e. The number of carbonyl (C=O) groups is 1. The average molecular weight is 197 g/mol. The summed E-state index contributed by atoms with van der Waals surface area (Å²) >= 11 is 0. The third-order valence-electron chi connectivity index (χ3n) is 4.53. The summed E-state index contributed by atoms with van der Waals surface area (Å²) in [4.78, 5) is 11.2. The number of fused-ring (bicyclic) bond motifs is 3. The lowest BCUT2D eigenvalue weighted by Gasteiger charge is -2.51. The molecule has 3 nitrogen and oxygen atoms in total. The van der Waals surface area contributed by atoms with Crippen LogP contribution in [-0.2, 0) is 4.79 Å². The van der Waals surface area contributed by atoms with Crippen molar-refractivity contribution in [2.24, 2.45) is 16.6 Å². The molecular formula is C11H19NO2. The molecule has 3 aliphatic carbocycles. The molecular weight excluding hydrogens is 178 g/mol. The van der Waals surface area contributed by atoms with E-state index in [1.165, 1.54) is 0 Å². The highest BCUT2D eigenvalue weighted by Gasteiger charge is 2.51. The van der Waals surface area contributed by atoms with Gasteiger partial charge in [0, 0.05) is 0 Å². The number of rotatable bonds is 3. The molecule has 14 heavy (non-hydrogen) atoms. The van der Waals surface area contributed by atoms with Crippen molar-refractivity contribution in [2.45, 2.75) is 44.9 Å². The Labute approximate surface area is 84.7 Å². The van der Waals surface area contributed by atoms with Crippen LogP contribution in [0.4, 0.5) is 0 Å². The molecule has 0 aromatic heterocycles. The summed E-state index contributed by atoms with van der Waals surface area (Å²) in [5.74, 6) is -0.571. The Morgan fingerprint density at radius 2 is 1.64 bits per heavy atom. The Bertz CT molecular complexity index is 225. The molecule has 0 unspecified atom stereocenters. The molecule has 0 atom stereocenters. The molecule has 3 saturated carbocycles. The normalized spacial score (nSPS) is 41.2. The average Bonchev–Trinajstić information content (AvgIpc) is 2.20. The highest BCUT2D eigenvalue weighted by molar-refractivity contribution is 5.75. The minimum Gasteiger partial charge on any atom is -0.481 e. The molecule has 0 spiro atoms. The molecule has 2 bridgehead atoms. The van der Waals surface area contributed by atoms with Crippen LogP contribution in [0, 0.1) is 10.8 Å². The standard InChI is InChI=1S/C11H19NO2/c12-8-7-10-1-4-11(5-2-10,6-3-10)9(13)14/h1-8,12H2,(H,13,14). The molecule has 3 fully saturated rings. The number of hydrogen-bond acceptors (Lipinski definition) is 2. The van der Waals surface area contributed by atoms with Crippen LogP contribution in [-0.4, -0.2) is 17.6 Å². The van der Waals surface area contributed by atoms with Gasteiger partial charge >= 0.3 is 5.97 Å². The fraction of sp³-hybridized carbons (Fsp3) is 0.909. The van der Waals surface area contributed by atoms with Crippen LogP contribution in [0.2, 0.25) is 0 Å². The van der Waals surface area contributed by atoms with Crippen molar-refractivity contribution in [1.82, 2.24) is 0 Å². The van der Waals surface area contributed by atoms with Crippen molar-refractivity contribution in [3.8, 4) is 0 Å². The summed E-state index contributed by atoms with van der Waals surface area (Å²) in [7, 11) is 0. The number of carboxylic acids is 1. The first kappa shape index (κ1) is 9.97. The summed E-state index contributed by atoms with van der Waals surface area (Å²) in [5.41, 5.74) is 5.66. The second-order valence-electron chi connectivity index (χ2n) is 5.12. The lowest BCUT2D eigenvalue weighted by molar-refractivity contribution is -0.159. The van der Waals surface area contributed by atoms with Gasteiger partial charge in [-0.25, -0.2) is 0 Å². The van der Waals surface area contributed by atoms with Gasteiger partial charge in [0.25, 0.3) is 0 Å². The van der Waals surface area contributed by atoms with Crippen LogP contribution in [0.5, 0.6) is 0 Å². The first-order valence-corrected chi connectivity index (χ1v) is 5.56. The molecule has 0 heterocycles. The Morgan fingerprint density at radius 3 is 2.00 bits per heavy atom. The molecule has 80 valence electrons. The van der Waals surface area contributed by atoms with Gasteiger partial charge in [-0.1, -0.05) is 0 Å². The van der Waals surface area contributed by atoms with Crippen molar-refractivity contribution < 1.29 is 9.90 Å². The predicted molar refractivity (Wildman–Crippen MR) is 53.9 cm³/mol. The van der Waals surface area contributed by atoms with Gasteiger partial charge in [-0.2, -0.15) is 0 Å². The van der Waals surface area contributed by atoms with E-state index < -0.39 is 5.97 Å². The van der Waals surface area contributed by atoms with E-state index in [1.54, 1.807) is 0 Å². The van der Waals surface area contributed by atoms with Crippen LogP contribution in [0.15, 0.2) is 0 Å². The lowest BCUT2D eigenvalue weighted by Crippen LogP contribution is -2.46. The highest BCUT2D eigenvalue weighted by Crippen LogP contribution is 2.58. The van der Waals surface area contributed by atoms with Gasteiger partial charge in [0.2, 0.25) is 0 Å². The van der Waals surface area contributed by atoms with Crippen molar-refractivity contribution in [2.75, 3.05) is 6.54 Å². The van der Waals surface area contributed by atoms with Gasteiger partial charge in [-0.15, -0.1) is 0 Å². The number of aliphatic carboxylic acids is 1.